The van der Waals surface area contributed by atoms with E-state index in [0.29, 0.717) is 56.3 Å². The van der Waals surface area contributed by atoms with E-state index in [2.05, 4.69) is 15.5 Å². The lowest BCUT2D eigenvalue weighted by molar-refractivity contribution is -0.150. The molecule has 2 aromatic rings. The molecular formula is C29H36N6O5S. The Morgan fingerprint density at radius 2 is 1.73 bits per heavy atom. The number of fused-ring (bicyclic) bond motifs is 4. The molecule has 0 atom stereocenters. The number of ether oxygens (including phenoxy) is 1. The van der Waals surface area contributed by atoms with E-state index in [-0.39, 0.29) is 29.8 Å². The van der Waals surface area contributed by atoms with E-state index < -0.39 is 5.41 Å². The molecule has 1 spiro atoms. The van der Waals surface area contributed by atoms with Gasteiger partial charge in [-0.15, -0.1) is 11.3 Å². The first-order valence-corrected chi connectivity index (χ1v) is 15.6. The monoisotopic (exact) mass is 580 g/mol. The third kappa shape index (κ3) is 4.17. The summed E-state index contributed by atoms with van der Waals surface area (Å²) in [7, 11) is 1.55. The number of hydrazine groups is 1. The minimum Gasteiger partial charge on any atom is -0.491 e. The minimum atomic E-state index is -0.951. The van der Waals surface area contributed by atoms with Gasteiger partial charge in [0.25, 0.3) is 17.7 Å². The summed E-state index contributed by atoms with van der Waals surface area (Å²) < 4.78 is 6.79. The van der Waals surface area contributed by atoms with E-state index in [0.717, 1.165) is 66.5 Å². The molecule has 0 unspecified atom stereocenters. The number of carbonyl (C=O) groups excluding carboxylic acids is 4. The molecule has 4 fully saturated rings. The summed E-state index contributed by atoms with van der Waals surface area (Å²) in [5.41, 5.74) is 0.681. The van der Waals surface area contributed by atoms with Crippen molar-refractivity contribution in [3.05, 3.63) is 23.3 Å². The van der Waals surface area contributed by atoms with Gasteiger partial charge >= 0.3 is 6.03 Å². The molecule has 0 aliphatic carbocycles. The molecule has 0 saturated carbocycles. The largest absolute Gasteiger partial charge is 0.491 e. The van der Waals surface area contributed by atoms with Gasteiger partial charge in [0.1, 0.15) is 16.2 Å². The molecule has 12 heteroatoms. The Morgan fingerprint density at radius 1 is 1.00 bits per heavy atom. The molecule has 5 aliphatic rings. The summed E-state index contributed by atoms with van der Waals surface area (Å²) in [5.74, 6) is 0.679. The van der Waals surface area contributed by atoms with Crippen LogP contribution in [0.5, 0.6) is 5.75 Å². The summed E-state index contributed by atoms with van der Waals surface area (Å²) in [4.78, 5) is 57.4. The van der Waals surface area contributed by atoms with Gasteiger partial charge in [-0.2, -0.15) is 0 Å². The zero-order valence-electron chi connectivity index (χ0n) is 23.4. The SMILES string of the molecule is CNC(=O)Nc1sc2c3c(ccc2c1C(=O)N1CCC(N2CCCC4(C2)C(=O)N2CCCCN2C4=O)CC1)CCO3. The van der Waals surface area contributed by atoms with Crippen molar-refractivity contribution in [1.82, 2.24) is 25.1 Å². The fourth-order valence-electron chi connectivity index (χ4n) is 7.38. The van der Waals surface area contributed by atoms with Crippen molar-refractivity contribution in [2.75, 3.05) is 58.2 Å². The van der Waals surface area contributed by atoms with Crippen LogP contribution in [0.25, 0.3) is 10.1 Å². The molecule has 41 heavy (non-hydrogen) atoms. The van der Waals surface area contributed by atoms with Gasteiger partial charge in [-0.05, 0) is 50.6 Å². The standard InChI is InChI=1S/C29H36N6O5S/c1-30-28(39)31-24-21(20-6-5-18-9-16-40-22(18)23(20)41-24)25(36)32-14-7-19(8-15-32)33-11-4-10-29(17-33)26(37)34-12-2-3-13-35(34)27(29)38/h5-6,19H,2-4,7-17H2,1H3,(H2,30,31,39). The highest BCUT2D eigenvalue weighted by Crippen LogP contribution is 2.46. The van der Waals surface area contributed by atoms with Gasteiger partial charge in [-0.1, -0.05) is 12.1 Å². The van der Waals surface area contributed by atoms with E-state index in [1.165, 1.54) is 11.3 Å². The predicted octanol–water partition coefficient (Wildman–Crippen LogP) is 2.65. The summed E-state index contributed by atoms with van der Waals surface area (Å²) in [5, 5.41) is 10.2. The molecule has 0 bridgehead atoms. The van der Waals surface area contributed by atoms with Crippen LogP contribution >= 0.6 is 11.3 Å². The van der Waals surface area contributed by atoms with Crippen molar-refractivity contribution in [2.24, 2.45) is 5.41 Å². The van der Waals surface area contributed by atoms with Crippen LogP contribution in [0.3, 0.4) is 0 Å². The first-order chi connectivity index (χ1) is 19.9. The first kappa shape index (κ1) is 26.5. The van der Waals surface area contributed by atoms with Crippen molar-refractivity contribution in [3.8, 4) is 5.75 Å². The van der Waals surface area contributed by atoms with Crippen molar-refractivity contribution < 1.29 is 23.9 Å². The fourth-order valence-corrected chi connectivity index (χ4v) is 8.59. The summed E-state index contributed by atoms with van der Waals surface area (Å²) >= 11 is 1.38. The molecule has 1 aromatic heterocycles. The van der Waals surface area contributed by atoms with Gasteiger partial charge < -0.3 is 15.0 Å². The summed E-state index contributed by atoms with van der Waals surface area (Å²) in [6, 6.07) is 3.83. The third-order valence-corrected chi connectivity index (χ3v) is 10.7. The van der Waals surface area contributed by atoms with E-state index in [1.54, 1.807) is 17.1 Å². The Balaban J connectivity index is 1.08. The van der Waals surface area contributed by atoms with Crippen molar-refractivity contribution >= 4 is 50.2 Å². The second-order valence-corrected chi connectivity index (χ2v) is 12.8. The molecule has 7 rings (SSSR count). The quantitative estimate of drug-likeness (QED) is 0.540. The van der Waals surface area contributed by atoms with Crippen LogP contribution in [0.4, 0.5) is 9.80 Å². The predicted molar refractivity (Wildman–Crippen MR) is 154 cm³/mol. The second kappa shape index (κ2) is 10.2. The number of urea groups is 1. The third-order valence-electron chi connectivity index (χ3n) is 9.54. The first-order valence-electron chi connectivity index (χ1n) is 14.8. The molecular weight excluding hydrogens is 544 g/mol. The normalized spacial score (nSPS) is 22.7. The van der Waals surface area contributed by atoms with Gasteiger partial charge in [-0.3, -0.25) is 34.6 Å². The van der Waals surface area contributed by atoms with E-state index in [4.69, 9.17) is 4.74 Å². The Kier molecular flexibility index (Phi) is 6.57. The van der Waals surface area contributed by atoms with Crippen LogP contribution in [0.15, 0.2) is 12.1 Å². The van der Waals surface area contributed by atoms with Crippen LogP contribution < -0.4 is 15.4 Å². The minimum absolute atomic E-state index is 0.0181. The smallest absolute Gasteiger partial charge is 0.319 e. The average molecular weight is 581 g/mol. The number of likely N-dealkylation sites (tertiary alicyclic amines) is 2. The van der Waals surface area contributed by atoms with Crippen LogP contribution in [0.1, 0.15) is 54.4 Å². The number of hydrogen-bond donors (Lipinski definition) is 2. The summed E-state index contributed by atoms with van der Waals surface area (Å²) in [6.45, 7) is 4.37. The number of nitrogens with zero attached hydrogens (tertiary/aromatic N) is 4. The molecule has 0 radical (unpaired) electrons. The highest BCUT2D eigenvalue weighted by molar-refractivity contribution is 7.24. The Hall–Kier alpha value is -3.38. The highest BCUT2D eigenvalue weighted by Gasteiger charge is 2.60. The Bertz CT molecular complexity index is 1410. The van der Waals surface area contributed by atoms with E-state index >= 15 is 0 Å². The molecule has 218 valence electrons. The van der Waals surface area contributed by atoms with Crippen LogP contribution in [-0.4, -0.2) is 103 Å². The zero-order valence-corrected chi connectivity index (χ0v) is 24.2. The number of nitrogens with one attached hydrogen (secondary N) is 2. The van der Waals surface area contributed by atoms with Gasteiger partial charge in [-0.25, -0.2) is 4.79 Å². The number of piperidine rings is 2. The molecule has 11 nitrogen and oxygen atoms in total. The lowest BCUT2D eigenvalue weighted by atomic mass is 9.78. The number of thiophene rings is 1. The number of benzene rings is 1. The number of amides is 5. The Morgan fingerprint density at radius 3 is 2.44 bits per heavy atom. The molecule has 6 heterocycles. The maximum atomic E-state index is 14.0. The van der Waals surface area contributed by atoms with Gasteiger partial charge in [0.05, 0.1) is 16.9 Å². The topological polar surface area (TPSA) is 115 Å². The average Bonchev–Trinajstić information content (AvgIpc) is 3.68. The van der Waals surface area contributed by atoms with Gasteiger partial charge in [0.15, 0.2) is 0 Å². The van der Waals surface area contributed by atoms with Crippen molar-refractivity contribution in [2.45, 2.75) is 51.0 Å². The molecule has 5 aliphatic heterocycles. The number of rotatable bonds is 3. The maximum absolute atomic E-state index is 14.0. The Labute approximate surface area is 242 Å². The second-order valence-electron chi connectivity index (χ2n) is 11.8. The van der Waals surface area contributed by atoms with Crippen LogP contribution in [-0.2, 0) is 16.0 Å². The zero-order chi connectivity index (χ0) is 28.3. The van der Waals surface area contributed by atoms with Crippen LogP contribution in [0.2, 0.25) is 0 Å². The maximum Gasteiger partial charge on any atom is 0.319 e. The highest BCUT2D eigenvalue weighted by atomic mass is 32.1. The van der Waals surface area contributed by atoms with Gasteiger partial charge in [0.2, 0.25) is 0 Å². The van der Waals surface area contributed by atoms with Gasteiger partial charge in [0, 0.05) is 57.6 Å². The fraction of sp³-hybridized carbons (Fsp3) is 0.586. The van der Waals surface area contributed by atoms with Crippen LogP contribution in [0, 0.1) is 5.41 Å². The van der Waals surface area contributed by atoms with E-state index in [9.17, 15) is 19.2 Å². The molecule has 1 aromatic carbocycles. The lowest BCUT2D eigenvalue weighted by Gasteiger charge is -2.44. The lowest BCUT2D eigenvalue weighted by Crippen LogP contribution is -2.56. The molecule has 4 saturated heterocycles. The molecule has 2 N–H and O–H groups in total. The number of hydrogen-bond acceptors (Lipinski definition) is 7. The van der Waals surface area contributed by atoms with Crippen molar-refractivity contribution in [3.63, 3.8) is 0 Å². The number of anilines is 1. The van der Waals surface area contributed by atoms with E-state index in [1.807, 2.05) is 17.0 Å². The summed E-state index contributed by atoms with van der Waals surface area (Å²) in [6.07, 6.45) is 5.70. The molecule has 5 amide bonds. The number of carbonyl (C=O) groups is 4. The van der Waals surface area contributed by atoms with Crippen molar-refractivity contribution in [1.29, 1.82) is 0 Å².